The van der Waals surface area contributed by atoms with Crippen molar-refractivity contribution in [1.29, 1.82) is 0 Å². The minimum absolute atomic E-state index is 0.129. The third-order valence-corrected chi connectivity index (χ3v) is 3.84. The summed E-state index contributed by atoms with van der Waals surface area (Å²) >= 11 is 7.62. The molecule has 0 radical (unpaired) electrons. The van der Waals surface area contributed by atoms with Crippen molar-refractivity contribution >= 4 is 34.5 Å². The molecule has 0 atom stereocenters. The normalized spacial score (nSPS) is 10.5. The molecule has 2 rings (SSSR count). The number of nitrogens with two attached hydrogens (primary N) is 1. The predicted octanol–water partition coefficient (Wildman–Crippen LogP) is 2.96. The number of nitrogen functional groups attached to an aromatic ring is 1. The highest BCUT2D eigenvalue weighted by Gasteiger charge is 2.16. The van der Waals surface area contributed by atoms with Gasteiger partial charge in [-0.1, -0.05) is 11.6 Å². The Kier molecular flexibility index (Phi) is 4.07. The number of aryl methyl sites for hydroxylation is 1. The number of halogens is 1. The summed E-state index contributed by atoms with van der Waals surface area (Å²) in [6, 6.07) is 4.90. The molecule has 0 aliphatic rings. The molecule has 1 aromatic heterocycles. The van der Waals surface area contributed by atoms with Gasteiger partial charge in [-0.05, 0) is 25.1 Å². The van der Waals surface area contributed by atoms with Gasteiger partial charge in [0, 0.05) is 23.8 Å². The summed E-state index contributed by atoms with van der Waals surface area (Å²) in [4.78, 5) is 19.1. The number of benzene rings is 1. The van der Waals surface area contributed by atoms with Crippen molar-refractivity contribution in [2.24, 2.45) is 0 Å². The molecule has 0 aliphatic carbocycles. The lowest BCUT2D eigenvalue weighted by Gasteiger charge is -2.17. The van der Waals surface area contributed by atoms with Crippen LogP contribution in [0.3, 0.4) is 0 Å². The third kappa shape index (κ3) is 3.24. The number of nitrogens with zero attached hydrogens (tertiary/aromatic N) is 2. The molecule has 100 valence electrons. The Hall–Kier alpha value is -1.59. The number of rotatable bonds is 3. The molecule has 4 nitrogen and oxygen atoms in total. The van der Waals surface area contributed by atoms with Crippen LogP contribution in [-0.4, -0.2) is 22.8 Å². The number of carbonyl (C=O) groups excluding carboxylic acids is 1. The molecule has 0 fully saturated rings. The quantitative estimate of drug-likeness (QED) is 0.886. The van der Waals surface area contributed by atoms with Crippen molar-refractivity contribution in [1.82, 2.24) is 9.88 Å². The van der Waals surface area contributed by atoms with E-state index in [9.17, 15) is 4.79 Å². The van der Waals surface area contributed by atoms with Crippen LogP contribution < -0.4 is 5.73 Å². The van der Waals surface area contributed by atoms with Crippen LogP contribution in [0.2, 0.25) is 5.02 Å². The lowest BCUT2D eigenvalue weighted by Crippen LogP contribution is -2.26. The Morgan fingerprint density at radius 3 is 2.84 bits per heavy atom. The van der Waals surface area contributed by atoms with Gasteiger partial charge in [-0.2, -0.15) is 0 Å². The van der Waals surface area contributed by atoms with Gasteiger partial charge in [-0.25, -0.2) is 4.98 Å². The molecule has 0 bridgehead atoms. The predicted molar refractivity (Wildman–Crippen MR) is 78.5 cm³/mol. The Labute approximate surface area is 120 Å². The molecule has 1 heterocycles. The van der Waals surface area contributed by atoms with Gasteiger partial charge in [0.2, 0.25) is 0 Å². The molecule has 6 heteroatoms. The molecule has 1 aromatic carbocycles. The summed E-state index contributed by atoms with van der Waals surface area (Å²) in [6.07, 6.45) is 1.79. The smallest absolute Gasteiger partial charge is 0.255 e. The summed E-state index contributed by atoms with van der Waals surface area (Å²) in [7, 11) is 1.74. The molecule has 0 aliphatic heterocycles. The van der Waals surface area contributed by atoms with Gasteiger partial charge in [0.05, 0.1) is 22.1 Å². The minimum Gasteiger partial charge on any atom is -0.399 e. The van der Waals surface area contributed by atoms with Crippen LogP contribution in [0, 0.1) is 6.92 Å². The van der Waals surface area contributed by atoms with E-state index >= 15 is 0 Å². The number of carbonyl (C=O) groups is 1. The summed E-state index contributed by atoms with van der Waals surface area (Å²) in [5.41, 5.74) is 6.62. The maximum absolute atomic E-state index is 12.3. The maximum Gasteiger partial charge on any atom is 0.255 e. The van der Waals surface area contributed by atoms with E-state index in [0.717, 1.165) is 9.88 Å². The fraction of sp³-hybridized carbons (Fsp3) is 0.231. The van der Waals surface area contributed by atoms with Gasteiger partial charge in [-0.15, -0.1) is 11.3 Å². The average Bonchev–Trinajstić information content (AvgIpc) is 2.74. The van der Waals surface area contributed by atoms with Crippen molar-refractivity contribution in [3.05, 3.63) is 44.9 Å². The standard InChI is InChI=1S/C13H14ClN3OS/c1-8-16-6-10(19-8)7-17(2)13(18)11-4-3-9(15)5-12(11)14/h3-6H,7,15H2,1-2H3. The molecular formula is C13H14ClN3OS. The summed E-state index contributed by atoms with van der Waals surface area (Å²) in [5.74, 6) is -0.129. The van der Waals surface area contributed by atoms with Crippen LogP contribution >= 0.6 is 22.9 Å². The fourth-order valence-electron chi connectivity index (χ4n) is 1.69. The minimum atomic E-state index is -0.129. The molecule has 1 amide bonds. The SMILES string of the molecule is Cc1ncc(CN(C)C(=O)c2ccc(N)cc2Cl)s1. The monoisotopic (exact) mass is 295 g/mol. The highest BCUT2D eigenvalue weighted by Crippen LogP contribution is 2.21. The van der Waals surface area contributed by atoms with Crippen LogP contribution in [0.25, 0.3) is 0 Å². The number of hydrogen-bond donors (Lipinski definition) is 1. The van der Waals surface area contributed by atoms with E-state index in [1.165, 1.54) is 0 Å². The lowest BCUT2D eigenvalue weighted by molar-refractivity contribution is 0.0786. The van der Waals surface area contributed by atoms with Gasteiger partial charge < -0.3 is 10.6 Å². The van der Waals surface area contributed by atoms with Gasteiger partial charge in [0.1, 0.15) is 0 Å². The number of thiazole rings is 1. The second-order valence-corrected chi connectivity index (χ2v) is 5.97. The first-order valence-electron chi connectivity index (χ1n) is 5.69. The second kappa shape index (κ2) is 5.59. The first-order chi connectivity index (χ1) is 8.97. The zero-order chi connectivity index (χ0) is 14.0. The van der Waals surface area contributed by atoms with Crippen molar-refractivity contribution in [2.75, 3.05) is 12.8 Å². The van der Waals surface area contributed by atoms with Gasteiger partial charge >= 0.3 is 0 Å². The topological polar surface area (TPSA) is 59.2 Å². The van der Waals surface area contributed by atoms with E-state index < -0.39 is 0 Å². The molecule has 0 spiro atoms. The summed E-state index contributed by atoms with van der Waals surface area (Å²) < 4.78 is 0. The first-order valence-corrected chi connectivity index (χ1v) is 6.88. The Morgan fingerprint density at radius 2 is 2.26 bits per heavy atom. The molecule has 19 heavy (non-hydrogen) atoms. The van der Waals surface area contributed by atoms with Gasteiger partial charge in [0.15, 0.2) is 0 Å². The van der Waals surface area contributed by atoms with Crippen LogP contribution in [0.15, 0.2) is 24.4 Å². The molecule has 0 saturated carbocycles. The Morgan fingerprint density at radius 1 is 1.53 bits per heavy atom. The van der Waals surface area contributed by atoms with Crippen molar-refractivity contribution in [3.63, 3.8) is 0 Å². The molecular weight excluding hydrogens is 282 g/mol. The van der Waals surface area contributed by atoms with E-state index in [4.69, 9.17) is 17.3 Å². The molecule has 2 aromatic rings. The highest BCUT2D eigenvalue weighted by atomic mass is 35.5. The second-order valence-electron chi connectivity index (χ2n) is 4.25. The molecule has 0 saturated heterocycles. The third-order valence-electron chi connectivity index (χ3n) is 2.63. The van der Waals surface area contributed by atoms with E-state index in [1.807, 2.05) is 6.92 Å². The van der Waals surface area contributed by atoms with E-state index in [1.54, 1.807) is 47.7 Å². The van der Waals surface area contributed by atoms with Gasteiger partial charge in [-0.3, -0.25) is 4.79 Å². The van der Waals surface area contributed by atoms with Crippen LogP contribution in [0.1, 0.15) is 20.2 Å². The number of amides is 1. The van der Waals surface area contributed by atoms with Crippen molar-refractivity contribution in [2.45, 2.75) is 13.5 Å². The fourth-order valence-corrected chi connectivity index (χ4v) is 2.81. The highest BCUT2D eigenvalue weighted by molar-refractivity contribution is 7.11. The zero-order valence-corrected chi connectivity index (χ0v) is 12.3. The van der Waals surface area contributed by atoms with E-state index in [2.05, 4.69) is 4.98 Å². The number of aromatic nitrogens is 1. The summed E-state index contributed by atoms with van der Waals surface area (Å²) in [5, 5.41) is 1.36. The number of anilines is 1. The van der Waals surface area contributed by atoms with E-state index in [-0.39, 0.29) is 5.91 Å². The van der Waals surface area contributed by atoms with Crippen molar-refractivity contribution in [3.8, 4) is 0 Å². The van der Waals surface area contributed by atoms with Gasteiger partial charge in [0.25, 0.3) is 5.91 Å². The summed E-state index contributed by atoms with van der Waals surface area (Å²) in [6.45, 7) is 2.46. The molecule has 0 unspecified atom stereocenters. The van der Waals surface area contributed by atoms with Crippen LogP contribution in [-0.2, 0) is 6.54 Å². The molecule has 2 N–H and O–H groups in total. The maximum atomic E-state index is 12.3. The largest absolute Gasteiger partial charge is 0.399 e. The van der Waals surface area contributed by atoms with Crippen LogP contribution in [0.4, 0.5) is 5.69 Å². The zero-order valence-electron chi connectivity index (χ0n) is 10.7. The first kappa shape index (κ1) is 13.8. The Bertz CT molecular complexity index is 612. The number of hydrogen-bond acceptors (Lipinski definition) is 4. The van der Waals surface area contributed by atoms with Crippen LogP contribution in [0.5, 0.6) is 0 Å². The lowest BCUT2D eigenvalue weighted by atomic mass is 10.2. The van der Waals surface area contributed by atoms with Crippen molar-refractivity contribution < 1.29 is 4.79 Å². The van der Waals surface area contributed by atoms with E-state index in [0.29, 0.717) is 22.8 Å². The Balaban J connectivity index is 2.14. The average molecular weight is 296 g/mol.